The zero-order valence-electron chi connectivity index (χ0n) is 10.6. The molecule has 1 aliphatic rings. The first-order valence-electron chi connectivity index (χ1n) is 6.63. The predicted octanol–water partition coefficient (Wildman–Crippen LogP) is 4.89. The maximum atomic E-state index is 2.46. The molecule has 1 aliphatic carbocycles. The van der Waals surface area contributed by atoms with E-state index in [1.54, 1.807) is 0 Å². The van der Waals surface area contributed by atoms with Gasteiger partial charge in [-0.2, -0.15) is 0 Å². The van der Waals surface area contributed by atoms with E-state index in [4.69, 9.17) is 0 Å². The fourth-order valence-corrected chi connectivity index (χ4v) is 3.04. The molecule has 0 heteroatoms. The van der Waals surface area contributed by atoms with Crippen LogP contribution in [0.3, 0.4) is 0 Å². The lowest BCUT2D eigenvalue weighted by molar-refractivity contribution is 0.287. The molecule has 14 heavy (non-hydrogen) atoms. The van der Waals surface area contributed by atoms with Gasteiger partial charge in [0, 0.05) is 0 Å². The van der Waals surface area contributed by atoms with Crippen molar-refractivity contribution in [3.05, 3.63) is 0 Å². The minimum atomic E-state index is 0.941. The predicted molar refractivity (Wildman–Crippen MR) is 64.4 cm³/mol. The fraction of sp³-hybridized carbons (Fsp3) is 1.00. The van der Waals surface area contributed by atoms with Crippen LogP contribution in [0.5, 0.6) is 0 Å². The van der Waals surface area contributed by atoms with Crippen molar-refractivity contribution in [2.45, 2.75) is 66.2 Å². The van der Waals surface area contributed by atoms with Gasteiger partial charge in [0.25, 0.3) is 0 Å². The lowest BCUT2D eigenvalue weighted by atomic mass is 9.84. The molecule has 0 nitrogen and oxygen atoms in total. The van der Waals surface area contributed by atoms with E-state index in [0.717, 1.165) is 23.7 Å². The molecular formula is C14H28. The molecule has 0 aromatic rings. The van der Waals surface area contributed by atoms with Crippen LogP contribution >= 0.6 is 0 Å². The van der Waals surface area contributed by atoms with Gasteiger partial charge in [0.2, 0.25) is 0 Å². The van der Waals surface area contributed by atoms with E-state index in [-0.39, 0.29) is 0 Å². The highest BCUT2D eigenvalue weighted by atomic mass is 14.3. The molecule has 4 unspecified atom stereocenters. The summed E-state index contributed by atoms with van der Waals surface area (Å²) in [6, 6.07) is 0. The first kappa shape index (κ1) is 12.1. The summed E-state index contributed by atoms with van der Waals surface area (Å²) < 4.78 is 0. The second kappa shape index (κ2) is 5.78. The Balaban J connectivity index is 2.22. The van der Waals surface area contributed by atoms with E-state index >= 15 is 0 Å². The molecule has 1 fully saturated rings. The maximum Gasteiger partial charge on any atom is -0.0409 e. The van der Waals surface area contributed by atoms with E-state index in [9.17, 15) is 0 Å². The minimum absolute atomic E-state index is 0.941. The SMILES string of the molecule is CCCC(C)C(C)CC1CCC(C)C1. The summed E-state index contributed by atoms with van der Waals surface area (Å²) in [5.74, 6) is 3.95. The summed E-state index contributed by atoms with van der Waals surface area (Å²) in [5, 5.41) is 0. The molecule has 0 radical (unpaired) electrons. The molecule has 0 aromatic carbocycles. The molecule has 0 heterocycles. The largest absolute Gasteiger partial charge is 0.0654 e. The van der Waals surface area contributed by atoms with E-state index < -0.39 is 0 Å². The summed E-state index contributed by atoms with van der Waals surface area (Å²) in [6.45, 7) is 9.62. The number of hydrogen-bond donors (Lipinski definition) is 0. The van der Waals surface area contributed by atoms with Gasteiger partial charge < -0.3 is 0 Å². The van der Waals surface area contributed by atoms with Crippen LogP contribution in [-0.2, 0) is 0 Å². The Kier molecular flexibility index (Phi) is 4.98. The van der Waals surface area contributed by atoms with Crippen molar-refractivity contribution >= 4 is 0 Å². The van der Waals surface area contributed by atoms with Crippen LogP contribution in [0.2, 0.25) is 0 Å². The molecule has 0 aromatic heterocycles. The normalized spacial score (nSPS) is 31.7. The quantitative estimate of drug-likeness (QED) is 0.587. The van der Waals surface area contributed by atoms with Crippen molar-refractivity contribution in [2.24, 2.45) is 23.7 Å². The van der Waals surface area contributed by atoms with Gasteiger partial charge >= 0.3 is 0 Å². The average Bonchev–Trinajstić information content (AvgIpc) is 2.51. The molecule has 0 saturated heterocycles. The van der Waals surface area contributed by atoms with Crippen molar-refractivity contribution in [3.63, 3.8) is 0 Å². The Morgan fingerprint density at radius 3 is 2.36 bits per heavy atom. The van der Waals surface area contributed by atoms with Crippen LogP contribution in [0.4, 0.5) is 0 Å². The highest BCUT2D eigenvalue weighted by Crippen LogP contribution is 2.36. The van der Waals surface area contributed by atoms with Crippen LogP contribution in [0.1, 0.15) is 66.2 Å². The van der Waals surface area contributed by atoms with Crippen LogP contribution in [0.15, 0.2) is 0 Å². The fourth-order valence-electron chi connectivity index (χ4n) is 3.04. The van der Waals surface area contributed by atoms with Gasteiger partial charge in [-0.25, -0.2) is 0 Å². The van der Waals surface area contributed by atoms with Crippen molar-refractivity contribution < 1.29 is 0 Å². The number of hydrogen-bond acceptors (Lipinski definition) is 0. The van der Waals surface area contributed by atoms with Crippen LogP contribution in [0, 0.1) is 23.7 Å². The van der Waals surface area contributed by atoms with Gasteiger partial charge in [-0.15, -0.1) is 0 Å². The lowest BCUT2D eigenvalue weighted by Gasteiger charge is -2.22. The second-order valence-electron chi connectivity index (χ2n) is 5.76. The molecule has 0 spiro atoms. The molecule has 1 saturated carbocycles. The van der Waals surface area contributed by atoms with Crippen LogP contribution < -0.4 is 0 Å². The van der Waals surface area contributed by atoms with Gasteiger partial charge in [-0.3, -0.25) is 0 Å². The summed E-state index contributed by atoms with van der Waals surface area (Å²) >= 11 is 0. The summed E-state index contributed by atoms with van der Waals surface area (Å²) in [7, 11) is 0. The second-order valence-corrected chi connectivity index (χ2v) is 5.76. The first-order chi connectivity index (χ1) is 6.63. The Morgan fingerprint density at radius 2 is 1.86 bits per heavy atom. The van der Waals surface area contributed by atoms with Crippen molar-refractivity contribution in [3.8, 4) is 0 Å². The molecular weight excluding hydrogens is 168 g/mol. The number of rotatable bonds is 5. The van der Waals surface area contributed by atoms with Gasteiger partial charge in [0.1, 0.15) is 0 Å². The summed E-state index contributed by atoms with van der Waals surface area (Å²) in [6.07, 6.45) is 8.76. The Bertz CT molecular complexity index is 150. The van der Waals surface area contributed by atoms with Crippen molar-refractivity contribution in [1.82, 2.24) is 0 Å². The third-order valence-corrected chi connectivity index (χ3v) is 4.22. The smallest absolute Gasteiger partial charge is 0.0409 e. The van der Waals surface area contributed by atoms with E-state index in [2.05, 4.69) is 27.7 Å². The van der Waals surface area contributed by atoms with Crippen LogP contribution in [0.25, 0.3) is 0 Å². The van der Waals surface area contributed by atoms with Gasteiger partial charge in [-0.1, -0.05) is 53.4 Å². The third kappa shape index (κ3) is 3.63. The van der Waals surface area contributed by atoms with Crippen molar-refractivity contribution in [1.29, 1.82) is 0 Å². The van der Waals surface area contributed by atoms with Crippen molar-refractivity contribution in [2.75, 3.05) is 0 Å². The molecule has 1 rings (SSSR count). The Hall–Kier alpha value is 0. The highest BCUT2D eigenvalue weighted by Gasteiger charge is 2.24. The minimum Gasteiger partial charge on any atom is -0.0654 e. The molecule has 0 N–H and O–H groups in total. The Morgan fingerprint density at radius 1 is 1.14 bits per heavy atom. The maximum absolute atomic E-state index is 2.46. The van der Waals surface area contributed by atoms with E-state index in [1.807, 2.05) is 0 Å². The zero-order valence-corrected chi connectivity index (χ0v) is 10.6. The summed E-state index contributed by atoms with van der Waals surface area (Å²) in [4.78, 5) is 0. The highest BCUT2D eigenvalue weighted by molar-refractivity contribution is 4.75. The Labute approximate surface area is 90.5 Å². The van der Waals surface area contributed by atoms with E-state index in [1.165, 1.54) is 38.5 Å². The van der Waals surface area contributed by atoms with E-state index in [0.29, 0.717) is 0 Å². The molecule has 0 amide bonds. The van der Waals surface area contributed by atoms with Gasteiger partial charge in [0.05, 0.1) is 0 Å². The van der Waals surface area contributed by atoms with Gasteiger partial charge in [0.15, 0.2) is 0 Å². The zero-order chi connectivity index (χ0) is 10.6. The molecule has 84 valence electrons. The third-order valence-electron chi connectivity index (χ3n) is 4.22. The lowest BCUT2D eigenvalue weighted by Crippen LogP contribution is -2.12. The standard InChI is InChI=1S/C14H28/c1-5-6-12(3)13(4)10-14-8-7-11(2)9-14/h11-14H,5-10H2,1-4H3. The molecule has 4 atom stereocenters. The monoisotopic (exact) mass is 196 g/mol. The topological polar surface area (TPSA) is 0 Å². The molecule has 0 bridgehead atoms. The molecule has 0 aliphatic heterocycles. The first-order valence-corrected chi connectivity index (χ1v) is 6.63. The summed E-state index contributed by atoms with van der Waals surface area (Å²) in [5.41, 5.74) is 0. The van der Waals surface area contributed by atoms with Gasteiger partial charge in [-0.05, 0) is 36.5 Å². The average molecular weight is 196 g/mol. The van der Waals surface area contributed by atoms with Crippen LogP contribution in [-0.4, -0.2) is 0 Å².